The average molecular weight is 315 g/mol. The molecule has 0 bridgehead atoms. The van der Waals surface area contributed by atoms with Crippen molar-refractivity contribution in [3.05, 3.63) is 35.9 Å². The van der Waals surface area contributed by atoms with Gasteiger partial charge in [-0.2, -0.15) is 0 Å². The van der Waals surface area contributed by atoms with Crippen LogP contribution in [0.3, 0.4) is 0 Å². The van der Waals surface area contributed by atoms with Gasteiger partial charge in [0, 0.05) is 12.5 Å². The van der Waals surface area contributed by atoms with Gasteiger partial charge in [0.1, 0.15) is 0 Å². The molecule has 0 saturated carbocycles. The third kappa shape index (κ3) is 7.79. The van der Waals surface area contributed by atoms with Gasteiger partial charge < -0.3 is 9.84 Å². The predicted octanol–water partition coefficient (Wildman–Crippen LogP) is 1.20. The van der Waals surface area contributed by atoms with Crippen molar-refractivity contribution in [1.29, 1.82) is 0 Å². The second kappa shape index (κ2) is 8.76. The van der Waals surface area contributed by atoms with E-state index in [0.717, 1.165) is 0 Å². The maximum Gasteiger partial charge on any atom is 0.304 e. The van der Waals surface area contributed by atoms with Crippen LogP contribution in [0.25, 0.3) is 0 Å². The van der Waals surface area contributed by atoms with Crippen molar-refractivity contribution in [2.75, 3.05) is 25.5 Å². The van der Waals surface area contributed by atoms with Crippen LogP contribution >= 0.6 is 0 Å². The molecule has 0 amide bonds. The Bertz CT molecular complexity index is 530. The number of carbonyl (C=O) groups is 1. The van der Waals surface area contributed by atoms with E-state index in [1.807, 2.05) is 37.3 Å². The van der Waals surface area contributed by atoms with Crippen LogP contribution in [-0.2, 0) is 19.6 Å². The summed E-state index contributed by atoms with van der Waals surface area (Å²) in [6, 6.07) is 9.90. The van der Waals surface area contributed by atoms with Gasteiger partial charge in [-0.3, -0.25) is 4.79 Å². The molecule has 0 aliphatic heterocycles. The molecule has 0 aliphatic rings. The zero-order chi connectivity index (χ0) is 15.7. The predicted molar refractivity (Wildman–Crippen MR) is 79.7 cm³/mol. The summed E-state index contributed by atoms with van der Waals surface area (Å²) in [5.41, 5.74) is 1.17. The molecule has 21 heavy (non-hydrogen) atoms. The molecule has 0 heterocycles. The molecule has 0 saturated heterocycles. The smallest absolute Gasteiger partial charge is 0.304 e. The number of carboxylic acids is 1. The third-order valence-corrected chi connectivity index (χ3v) is 4.28. The molecule has 1 atom stereocenters. The molecule has 0 fully saturated rings. The number of rotatable bonds is 10. The molecule has 0 aromatic heterocycles. The number of carboxylic acid groups (broad SMARTS) is 1. The normalized spacial score (nSPS) is 13.0. The first kappa shape index (κ1) is 17.6. The molecule has 1 unspecified atom stereocenters. The van der Waals surface area contributed by atoms with Crippen molar-refractivity contribution in [2.45, 2.75) is 19.3 Å². The van der Waals surface area contributed by atoms with Crippen LogP contribution in [-0.4, -0.2) is 45.0 Å². The Morgan fingerprint density at radius 3 is 2.62 bits per heavy atom. The van der Waals surface area contributed by atoms with Crippen molar-refractivity contribution in [3.63, 3.8) is 0 Å². The minimum atomic E-state index is -3.54. The summed E-state index contributed by atoms with van der Waals surface area (Å²) in [4.78, 5) is 10.3. The number of hydrogen-bond donors (Lipinski definition) is 2. The molecular weight excluding hydrogens is 294 g/mol. The molecule has 118 valence electrons. The van der Waals surface area contributed by atoms with E-state index in [4.69, 9.17) is 9.84 Å². The lowest BCUT2D eigenvalue weighted by atomic mass is 10.0. The lowest BCUT2D eigenvalue weighted by molar-refractivity contribution is -0.136. The zero-order valence-corrected chi connectivity index (χ0v) is 12.8. The summed E-state index contributed by atoms with van der Waals surface area (Å²) in [7, 11) is -3.54. The second-order valence-electron chi connectivity index (χ2n) is 4.74. The Morgan fingerprint density at radius 2 is 2.00 bits per heavy atom. The van der Waals surface area contributed by atoms with Gasteiger partial charge in [-0.1, -0.05) is 37.3 Å². The largest absolute Gasteiger partial charge is 0.481 e. The highest BCUT2D eigenvalue weighted by atomic mass is 32.2. The summed E-state index contributed by atoms with van der Waals surface area (Å²) in [6.07, 6.45) is -0.402. The van der Waals surface area contributed by atoms with E-state index >= 15 is 0 Å². The van der Waals surface area contributed by atoms with Crippen LogP contribution in [0.15, 0.2) is 30.3 Å². The maximum absolute atomic E-state index is 11.4. The lowest BCUT2D eigenvalue weighted by Crippen LogP contribution is -2.30. The van der Waals surface area contributed by atoms with Gasteiger partial charge in [-0.25, -0.2) is 13.1 Å². The molecule has 7 heteroatoms. The molecule has 1 aromatic rings. The quantitative estimate of drug-likeness (QED) is 0.633. The molecule has 2 N–H and O–H groups in total. The fraction of sp³-hybridized carbons (Fsp3) is 0.500. The van der Waals surface area contributed by atoms with Crippen molar-refractivity contribution < 1.29 is 23.1 Å². The first-order valence-electron chi connectivity index (χ1n) is 6.72. The van der Waals surface area contributed by atoms with E-state index in [0.29, 0.717) is 6.61 Å². The first-order valence-corrected chi connectivity index (χ1v) is 8.38. The minimum Gasteiger partial charge on any atom is -0.481 e. The van der Waals surface area contributed by atoms with E-state index in [1.165, 1.54) is 5.56 Å². The number of benzene rings is 1. The van der Waals surface area contributed by atoms with E-state index in [2.05, 4.69) is 4.72 Å². The average Bonchev–Trinajstić information content (AvgIpc) is 2.45. The maximum atomic E-state index is 11.4. The lowest BCUT2D eigenvalue weighted by Gasteiger charge is -2.12. The molecule has 0 spiro atoms. The Hall–Kier alpha value is -1.44. The Balaban J connectivity index is 2.18. The third-order valence-electron chi connectivity index (χ3n) is 2.89. The van der Waals surface area contributed by atoms with Crippen LogP contribution in [0.1, 0.15) is 24.8 Å². The van der Waals surface area contributed by atoms with Crippen LogP contribution in [0.4, 0.5) is 0 Å². The van der Waals surface area contributed by atoms with E-state index in [9.17, 15) is 13.2 Å². The SMILES string of the molecule is CC(COCCNS(=O)(=O)CCC(=O)O)c1ccccc1. The molecule has 1 aromatic carbocycles. The van der Waals surface area contributed by atoms with Crippen molar-refractivity contribution in [1.82, 2.24) is 4.72 Å². The highest BCUT2D eigenvalue weighted by Gasteiger charge is 2.12. The summed E-state index contributed by atoms with van der Waals surface area (Å²) in [6.45, 7) is 2.93. The molecule has 1 rings (SSSR count). The summed E-state index contributed by atoms with van der Waals surface area (Å²) >= 11 is 0. The number of aliphatic carboxylic acids is 1. The van der Waals surface area contributed by atoms with Crippen molar-refractivity contribution >= 4 is 16.0 Å². The standard InChI is InChI=1S/C14H21NO5S/c1-12(13-5-3-2-4-6-13)11-20-9-8-15-21(18,19)10-7-14(16)17/h2-6,12,15H,7-11H2,1H3,(H,16,17). The van der Waals surface area contributed by atoms with Gasteiger partial charge >= 0.3 is 5.97 Å². The van der Waals surface area contributed by atoms with E-state index < -0.39 is 28.2 Å². The van der Waals surface area contributed by atoms with Gasteiger partial charge in [-0.05, 0) is 5.56 Å². The topological polar surface area (TPSA) is 92.7 Å². The molecule has 6 nitrogen and oxygen atoms in total. The number of sulfonamides is 1. The van der Waals surface area contributed by atoms with Crippen LogP contribution in [0.2, 0.25) is 0 Å². The Morgan fingerprint density at radius 1 is 1.33 bits per heavy atom. The monoisotopic (exact) mass is 315 g/mol. The van der Waals surface area contributed by atoms with Crippen LogP contribution in [0, 0.1) is 0 Å². The Labute approximate surface area is 125 Å². The number of nitrogens with one attached hydrogen (secondary N) is 1. The minimum absolute atomic E-state index is 0.142. The summed E-state index contributed by atoms with van der Waals surface area (Å²) in [5, 5.41) is 8.44. The van der Waals surface area contributed by atoms with E-state index in [1.54, 1.807) is 0 Å². The van der Waals surface area contributed by atoms with Crippen molar-refractivity contribution in [2.24, 2.45) is 0 Å². The highest BCUT2D eigenvalue weighted by molar-refractivity contribution is 7.89. The van der Waals surface area contributed by atoms with Gasteiger partial charge in [0.05, 0.1) is 25.4 Å². The van der Waals surface area contributed by atoms with Gasteiger partial charge in [0.15, 0.2) is 0 Å². The molecule has 0 aliphatic carbocycles. The highest BCUT2D eigenvalue weighted by Crippen LogP contribution is 2.14. The molecule has 0 radical (unpaired) electrons. The first-order chi connectivity index (χ1) is 9.91. The van der Waals surface area contributed by atoms with Crippen LogP contribution < -0.4 is 4.72 Å². The second-order valence-corrected chi connectivity index (χ2v) is 6.67. The molecular formula is C14H21NO5S. The van der Waals surface area contributed by atoms with E-state index in [-0.39, 0.29) is 19.1 Å². The van der Waals surface area contributed by atoms with Crippen LogP contribution in [0.5, 0.6) is 0 Å². The summed E-state index contributed by atoms with van der Waals surface area (Å²) in [5.74, 6) is -1.31. The van der Waals surface area contributed by atoms with Crippen molar-refractivity contribution in [3.8, 4) is 0 Å². The van der Waals surface area contributed by atoms with Gasteiger partial charge in [0.2, 0.25) is 10.0 Å². The summed E-state index contributed by atoms with van der Waals surface area (Å²) < 4.78 is 30.6. The Kier molecular flexibility index (Phi) is 7.35. The number of ether oxygens (including phenoxy) is 1. The van der Waals surface area contributed by atoms with Gasteiger partial charge in [0.25, 0.3) is 0 Å². The van der Waals surface area contributed by atoms with Gasteiger partial charge in [-0.15, -0.1) is 0 Å². The fourth-order valence-electron chi connectivity index (χ4n) is 1.70. The zero-order valence-electron chi connectivity index (χ0n) is 12.0. The number of hydrogen-bond acceptors (Lipinski definition) is 4. The fourth-order valence-corrected chi connectivity index (χ4v) is 2.68.